The van der Waals surface area contributed by atoms with Crippen LogP contribution in [-0.2, 0) is 16.6 Å². The first-order chi connectivity index (χ1) is 14.9. The Morgan fingerprint density at radius 1 is 1.19 bits per heavy atom. The van der Waals surface area contributed by atoms with Gasteiger partial charge in [-0.05, 0) is 51.0 Å². The average molecular weight is 578 g/mol. The van der Waals surface area contributed by atoms with E-state index in [0.29, 0.717) is 24.5 Å². The number of aryl methyl sites for hydroxylation is 1. The first kappa shape index (κ1) is 27.3. The molecule has 0 spiro atoms. The van der Waals surface area contributed by atoms with Crippen molar-refractivity contribution in [3.8, 4) is 0 Å². The minimum absolute atomic E-state index is 0. The van der Waals surface area contributed by atoms with Gasteiger partial charge >= 0.3 is 0 Å². The van der Waals surface area contributed by atoms with Gasteiger partial charge in [0.2, 0.25) is 10.0 Å². The largest absolute Gasteiger partial charge is 0.357 e. The fourth-order valence-corrected chi connectivity index (χ4v) is 5.07. The first-order valence-corrected chi connectivity index (χ1v) is 13.4. The molecule has 0 amide bonds. The zero-order valence-corrected chi connectivity index (χ0v) is 22.6. The van der Waals surface area contributed by atoms with Crippen LogP contribution in [0.5, 0.6) is 0 Å². The Labute approximate surface area is 211 Å². The maximum Gasteiger partial charge on any atom is 0.213 e. The zero-order chi connectivity index (χ0) is 22.1. The second-order valence-electron chi connectivity index (χ2n) is 8.91. The number of hydrogen-bond acceptors (Lipinski definition) is 4. The van der Waals surface area contributed by atoms with Crippen molar-refractivity contribution in [2.75, 3.05) is 38.5 Å². The van der Waals surface area contributed by atoms with Crippen LogP contribution < -0.4 is 15.4 Å². The first-order valence-electron chi connectivity index (χ1n) is 11.7. The van der Waals surface area contributed by atoms with E-state index in [1.807, 2.05) is 6.92 Å². The molecule has 0 unspecified atom stereocenters. The van der Waals surface area contributed by atoms with Gasteiger partial charge in [0.1, 0.15) is 0 Å². The highest BCUT2D eigenvalue weighted by Gasteiger charge is 2.21. The Hall–Kier alpha value is -0.910. The van der Waals surface area contributed by atoms with Gasteiger partial charge < -0.3 is 10.6 Å². The monoisotopic (exact) mass is 577 g/mol. The number of aliphatic imine (C=N–C) groups is 1. The van der Waals surface area contributed by atoms with Crippen LogP contribution in [0.1, 0.15) is 50.2 Å². The van der Waals surface area contributed by atoms with Crippen molar-refractivity contribution in [1.82, 2.24) is 20.3 Å². The summed E-state index contributed by atoms with van der Waals surface area (Å²) >= 11 is 0. The van der Waals surface area contributed by atoms with Gasteiger partial charge in [-0.3, -0.25) is 9.89 Å². The lowest BCUT2D eigenvalue weighted by Crippen LogP contribution is -2.48. The topological polar surface area (TPSA) is 85.8 Å². The minimum Gasteiger partial charge on any atom is -0.357 e. The number of likely N-dealkylation sites (tertiary alicyclic amines) is 1. The third kappa shape index (κ3) is 9.52. The number of nitrogens with zero attached hydrogens (tertiary/aromatic N) is 2. The Morgan fingerprint density at radius 2 is 1.94 bits per heavy atom. The number of rotatable bonds is 10. The number of benzene rings is 1. The van der Waals surface area contributed by atoms with E-state index in [9.17, 15) is 8.42 Å². The summed E-state index contributed by atoms with van der Waals surface area (Å²) < 4.78 is 27.1. The van der Waals surface area contributed by atoms with Crippen molar-refractivity contribution >= 4 is 40.0 Å². The molecule has 1 heterocycles. The molecule has 3 N–H and O–H groups in total. The molecule has 1 aliphatic heterocycles. The van der Waals surface area contributed by atoms with Gasteiger partial charge in [0.25, 0.3) is 0 Å². The van der Waals surface area contributed by atoms with E-state index in [-0.39, 0.29) is 36.3 Å². The maximum absolute atomic E-state index is 12.2. The smallest absolute Gasteiger partial charge is 0.213 e. The zero-order valence-electron chi connectivity index (χ0n) is 19.5. The molecule has 1 saturated carbocycles. The highest BCUT2D eigenvalue weighted by Crippen LogP contribution is 2.25. The number of piperidine rings is 1. The van der Waals surface area contributed by atoms with E-state index in [2.05, 4.69) is 56.4 Å². The summed E-state index contributed by atoms with van der Waals surface area (Å²) in [6.07, 6.45) is 5.60. The van der Waals surface area contributed by atoms with Gasteiger partial charge in [-0.25, -0.2) is 13.1 Å². The van der Waals surface area contributed by atoms with Crippen LogP contribution in [0.15, 0.2) is 29.3 Å². The quantitative estimate of drug-likeness (QED) is 0.226. The van der Waals surface area contributed by atoms with Crippen molar-refractivity contribution in [1.29, 1.82) is 0 Å². The summed E-state index contributed by atoms with van der Waals surface area (Å²) in [7, 11) is -3.26. The number of halogens is 1. The lowest BCUT2D eigenvalue weighted by Gasteiger charge is -2.33. The molecule has 9 heteroatoms. The fraction of sp³-hybridized carbons (Fsp3) is 0.696. The summed E-state index contributed by atoms with van der Waals surface area (Å²) in [6.45, 7) is 8.84. The second-order valence-corrected chi connectivity index (χ2v) is 10.8. The normalized spacial score (nSPS) is 18.6. The van der Waals surface area contributed by atoms with Crippen molar-refractivity contribution in [2.45, 2.75) is 58.5 Å². The molecular formula is C23H40IN5O2S. The molecule has 32 heavy (non-hydrogen) atoms. The predicted octanol–water partition coefficient (Wildman–Crippen LogP) is 2.85. The van der Waals surface area contributed by atoms with Crippen LogP contribution in [0.2, 0.25) is 0 Å². The number of guanidine groups is 1. The molecule has 2 fully saturated rings. The average Bonchev–Trinajstić information content (AvgIpc) is 2.68. The summed E-state index contributed by atoms with van der Waals surface area (Å²) in [5.41, 5.74) is 2.68. The molecule has 0 bridgehead atoms. The molecule has 0 radical (unpaired) electrons. The van der Waals surface area contributed by atoms with Gasteiger partial charge in [0.05, 0.1) is 12.3 Å². The number of hydrogen-bond donors (Lipinski definition) is 3. The maximum atomic E-state index is 12.2. The summed E-state index contributed by atoms with van der Waals surface area (Å²) in [5, 5.41) is 6.75. The van der Waals surface area contributed by atoms with E-state index < -0.39 is 10.0 Å². The van der Waals surface area contributed by atoms with Crippen molar-refractivity contribution in [3.63, 3.8) is 0 Å². The van der Waals surface area contributed by atoms with E-state index in [4.69, 9.17) is 0 Å². The van der Waals surface area contributed by atoms with Gasteiger partial charge in [0, 0.05) is 38.8 Å². The van der Waals surface area contributed by atoms with Gasteiger partial charge in [-0.2, -0.15) is 0 Å². The molecule has 0 aromatic heterocycles. The van der Waals surface area contributed by atoms with Gasteiger partial charge in [-0.15, -0.1) is 24.0 Å². The molecular weight excluding hydrogens is 537 g/mol. The highest BCUT2D eigenvalue weighted by atomic mass is 127. The van der Waals surface area contributed by atoms with Crippen LogP contribution >= 0.6 is 24.0 Å². The van der Waals surface area contributed by atoms with Crippen molar-refractivity contribution < 1.29 is 8.42 Å². The third-order valence-electron chi connectivity index (χ3n) is 6.21. The van der Waals surface area contributed by atoms with Crippen LogP contribution in [0.25, 0.3) is 0 Å². The highest BCUT2D eigenvalue weighted by molar-refractivity contribution is 14.0. The molecule has 1 aliphatic carbocycles. The standard InChI is InChI=1S/C23H39N5O2S.HI/c1-3-24-23(25-12-15-31(29,30)26-17-20-7-5-8-20)27-22-10-13-28(14-11-22)18-21-9-4-6-19(2)16-21;/h4,6,9,16,20,22,26H,3,5,7-8,10-15,17-18H2,1-2H3,(H2,24,25,27);1H. The molecule has 2 aliphatic rings. The van der Waals surface area contributed by atoms with E-state index in [1.54, 1.807) is 0 Å². The lowest BCUT2D eigenvalue weighted by atomic mass is 9.86. The Bertz CT molecular complexity index is 821. The van der Waals surface area contributed by atoms with Crippen LogP contribution in [0, 0.1) is 12.8 Å². The molecule has 3 rings (SSSR count). The SMILES string of the molecule is CCNC(=NCCS(=O)(=O)NCC1CCC1)NC1CCN(Cc2cccc(C)c2)CC1.I. The second kappa shape index (κ2) is 13.7. The summed E-state index contributed by atoms with van der Waals surface area (Å²) in [6, 6.07) is 9.08. The Kier molecular flexibility index (Phi) is 11.7. The summed E-state index contributed by atoms with van der Waals surface area (Å²) in [5.74, 6) is 1.27. The van der Waals surface area contributed by atoms with Crippen LogP contribution in [-0.4, -0.2) is 63.8 Å². The molecule has 1 saturated heterocycles. The van der Waals surface area contributed by atoms with Gasteiger partial charge in [0.15, 0.2) is 5.96 Å². The predicted molar refractivity (Wildman–Crippen MR) is 143 cm³/mol. The van der Waals surface area contributed by atoms with Crippen molar-refractivity contribution in [3.05, 3.63) is 35.4 Å². The summed E-state index contributed by atoms with van der Waals surface area (Å²) in [4.78, 5) is 7.01. The molecule has 1 aromatic rings. The Morgan fingerprint density at radius 3 is 2.56 bits per heavy atom. The Balaban J connectivity index is 0.00000363. The van der Waals surface area contributed by atoms with E-state index >= 15 is 0 Å². The fourth-order valence-electron chi connectivity index (χ4n) is 4.11. The van der Waals surface area contributed by atoms with Gasteiger partial charge in [-0.1, -0.05) is 36.2 Å². The minimum atomic E-state index is -3.26. The van der Waals surface area contributed by atoms with Crippen LogP contribution in [0.3, 0.4) is 0 Å². The molecule has 0 atom stereocenters. The molecule has 182 valence electrons. The van der Waals surface area contributed by atoms with E-state index in [1.165, 1.54) is 17.5 Å². The number of sulfonamides is 1. The number of nitrogens with one attached hydrogen (secondary N) is 3. The molecule has 1 aromatic carbocycles. The lowest BCUT2D eigenvalue weighted by molar-refractivity contribution is 0.198. The van der Waals surface area contributed by atoms with Crippen molar-refractivity contribution in [2.24, 2.45) is 10.9 Å². The van der Waals surface area contributed by atoms with E-state index in [0.717, 1.165) is 51.9 Å². The molecule has 7 nitrogen and oxygen atoms in total. The van der Waals surface area contributed by atoms with Crippen LogP contribution in [0.4, 0.5) is 0 Å². The third-order valence-corrected chi connectivity index (χ3v) is 7.53.